The second-order valence-corrected chi connectivity index (χ2v) is 7.37. The third-order valence-corrected chi connectivity index (χ3v) is 5.72. The van der Waals surface area contributed by atoms with Crippen LogP contribution in [-0.4, -0.2) is 15.7 Å². The zero-order chi connectivity index (χ0) is 19.1. The third kappa shape index (κ3) is 3.00. The first-order chi connectivity index (χ1) is 13.0. The first-order valence-corrected chi connectivity index (χ1v) is 9.24. The molecule has 0 aliphatic carbocycles. The number of aromatic nitrogens is 2. The molecule has 0 fully saturated rings. The van der Waals surface area contributed by atoms with Crippen LogP contribution in [0.4, 0.5) is 10.1 Å². The van der Waals surface area contributed by atoms with E-state index in [-0.39, 0.29) is 5.56 Å². The second-order valence-electron chi connectivity index (χ2n) is 6.31. The van der Waals surface area contributed by atoms with Crippen LogP contribution in [0.25, 0.3) is 20.2 Å². The largest absolute Gasteiger partial charge is 0.324 e. The zero-order valence-corrected chi connectivity index (χ0v) is 15.5. The molecule has 1 unspecified atom stereocenters. The Labute approximate surface area is 158 Å². The lowest BCUT2D eigenvalue weighted by molar-refractivity contribution is -0.119. The maximum absolute atomic E-state index is 13.3. The van der Waals surface area contributed by atoms with Crippen molar-refractivity contribution in [2.75, 3.05) is 5.32 Å². The molecule has 136 valence electrons. The molecule has 0 saturated heterocycles. The van der Waals surface area contributed by atoms with Crippen LogP contribution in [-0.2, 0) is 4.79 Å². The second kappa shape index (κ2) is 6.59. The van der Waals surface area contributed by atoms with E-state index in [0.29, 0.717) is 16.8 Å². The molecule has 2 heterocycles. The maximum atomic E-state index is 13.3. The molecule has 0 aliphatic rings. The number of amides is 1. The number of hydrogen-bond donors (Lipinski definition) is 1. The van der Waals surface area contributed by atoms with Gasteiger partial charge in [0.25, 0.3) is 5.56 Å². The lowest BCUT2D eigenvalue weighted by Crippen LogP contribution is -2.33. The zero-order valence-electron chi connectivity index (χ0n) is 14.7. The summed E-state index contributed by atoms with van der Waals surface area (Å²) in [5.41, 5.74) is 0.713. The van der Waals surface area contributed by atoms with Crippen LogP contribution in [0, 0.1) is 12.7 Å². The van der Waals surface area contributed by atoms with Crippen molar-refractivity contribution >= 4 is 43.1 Å². The van der Waals surface area contributed by atoms with Gasteiger partial charge in [0.1, 0.15) is 11.9 Å². The van der Waals surface area contributed by atoms with Crippen LogP contribution < -0.4 is 10.9 Å². The Morgan fingerprint density at radius 2 is 2.00 bits per heavy atom. The van der Waals surface area contributed by atoms with E-state index in [2.05, 4.69) is 10.4 Å². The Morgan fingerprint density at radius 1 is 1.22 bits per heavy atom. The topological polar surface area (TPSA) is 64.0 Å². The number of aryl methyl sites for hydroxylation is 1. The Kier molecular flexibility index (Phi) is 4.24. The van der Waals surface area contributed by atoms with E-state index < -0.39 is 17.8 Å². The summed E-state index contributed by atoms with van der Waals surface area (Å²) in [5.74, 6) is -0.883. The molecule has 0 bridgehead atoms. The quantitative estimate of drug-likeness (QED) is 0.577. The number of rotatable bonds is 3. The van der Waals surface area contributed by atoms with Gasteiger partial charge in [-0.25, -0.2) is 9.07 Å². The summed E-state index contributed by atoms with van der Waals surface area (Å²) >= 11 is 1.52. The highest BCUT2D eigenvalue weighted by Gasteiger charge is 2.22. The van der Waals surface area contributed by atoms with Crippen LogP contribution in [0.3, 0.4) is 0 Å². The van der Waals surface area contributed by atoms with Crippen LogP contribution in [0.1, 0.15) is 18.7 Å². The van der Waals surface area contributed by atoms with Crippen LogP contribution in [0.15, 0.2) is 53.3 Å². The summed E-state index contributed by atoms with van der Waals surface area (Å²) in [5, 5.41) is 8.42. The van der Waals surface area contributed by atoms with Gasteiger partial charge in [0.05, 0.1) is 15.8 Å². The summed E-state index contributed by atoms with van der Waals surface area (Å²) in [4.78, 5) is 25.7. The summed E-state index contributed by atoms with van der Waals surface area (Å²) in [7, 11) is 0. The normalized spacial score (nSPS) is 12.4. The number of benzene rings is 2. The molecule has 0 saturated carbocycles. The minimum absolute atomic E-state index is 0.310. The van der Waals surface area contributed by atoms with Gasteiger partial charge in [0, 0.05) is 15.8 Å². The molecular weight excluding hydrogens is 365 g/mol. The molecule has 0 radical (unpaired) electrons. The maximum Gasteiger partial charge on any atom is 0.276 e. The summed E-state index contributed by atoms with van der Waals surface area (Å²) in [6, 6.07) is 12.4. The van der Waals surface area contributed by atoms with Crippen molar-refractivity contribution in [2.24, 2.45) is 0 Å². The van der Waals surface area contributed by atoms with E-state index in [9.17, 15) is 14.0 Å². The molecule has 1 amide bonds. The van der Waals surface area contributed by atoms with Crippen molar-refractivity contribution in [3.8, 4) is 0 Å². The van der Waals surface area contributed by atoms with E-state index in [1.54, 1.807) is 13.0 Å². The molecule has 4 aromatic rings. The molecule has 27 heavy (non-hydrogen) atoms. The SMILES string of the molecule is Cc1nn(C(C)C(=O)Nc2cccc(F)c2)c(=O)c2c1sc1ccccc12. The number of nitrogens with zero attached hydrogens (tertiary/aromatic N) is 2. The average Bonchev–Trinajstić information content (AvgIpc) is 3.04. The van der Waals surface area contributed by atoms with E-state index in [1.807, 2.05) is 31.2 Å². The third-order valence-electron chi connectivity index (χ3n) is 4.44. The van der Waals surface area contributed by atoms with Gasteiger partial charge in [0.2, 0.25) is 5.91 Å². The molecule has 2 aromatic carbocycles. The minimum atomic E-state index is -0.845. The van der Waals surface area contributed by atoms with Crippen molar-refractivity contribution < 1.29 is 9.18 Å². The lowest BCUT2D eigenvalue weighted by atomic mass is 10.2. The van der Waals surface area contributed by atoms with Crippen molar-refractivity contribution in [3.05, 3.63) is 70.4 Å². The molecule has 1 atom stereocenters. The average molecular weight is 381 g/mol. The Balaban J connectivity index is 1.78. The van der Waals surface area contributed by atoms with E-state index in [0.717, 1.165) is 14.8 Å². The minimum Gasteiger partial charge on any atom is -0.324 e. The van der Waals surface area contributed by atoms with E-state index >= 15 is 0 Å². The highest BCUT2D eigenvalue weighted by atomic mass is 32.1. The van der Waals surface area contributed by atoms with Gasteiger partial charge in [-0.2, -0.15) is 5.10 Å². The van der Waals surface area contributed by atoms with Gasteiger partial charge < -0.3 is 5.32 Å². The first-order valence-electron chi connectivity index (χ1n) is 8.43. The van der Waals surface area contributed by atoms with Gasteiger partial charge in [0.15, 0.2) is 0 Å². The Bertz CT molecular complexity index is 1250. The number of anilines is 1. The predicted molar refractivity (Wildman–Crippen MR) is 106 cm³/mol. The number of carbonyl (C=O) groups is 1. The smallest absolute Gasteiger partial charge is 0.276 e. The Hall–Kier alpha value is -3.06. The number of fused-ring (bicyclic) bond motifs is 3. The van der Waals surface area contributed by atoms with Gasteiger partial charge in [-0.1, -0.05) is 24.3 Å². The molecular formula is C20H16FN3O2S. The number of halogens is 1. The lowest BCUT2D eigenvalue weighted by Gasteiger charge is -2.15. The molecule has 1 N–H and O–H groups in total. The predicted octanol–water partition coefficient (Wildman–Crippen LogP) is 4.26. The summed E-state index contributed by atoms with van der Waals surface area (Å²) < 4.78 is 16.4. The van der Waals surface area contributed by atoms with Crippen molar-refractivity contribution in [3.63, 3.8) is 0 Å². The fraction of sp³-hybridized carbons (Fsp3) is 0.150. The number of nitrogens with one attached hydrogen (secondary N) is 1. The fourth-order valence-corrected chi connectivity index (χ4v) is 4.20. The number of hydrogen-bond acceptors (Lipinski definition) is 4. The van der Waals surface area contributed by atoms with Gasteiger partial charge in [-0.15, -0.1) is 11.3 Å². The highest BCUT2D eigenvalue weighted by molar-refractivity contribution is 7.26. The first kappa shape index (κ1) is 17.4. The van der Waals surface area contributed by atoms with Crippen molar-refractivity contribution in [1.29, 1.82) is 0 Å². The number of thiophene rings is 1. The molecule has 5 nitrogen and oxygen atoms in total. The van der Waals surface area contributed by atoms with Gasteiger partial charge in [-0.3, -0.25) is 9.59 Å². The molecule has 0 aliphatic heterocycles. The summed E-state index contributed by atoms with van der Waals surface area (Å²) in [6.07, 6.45) is 0. The van der Waals surface area contributed by atoms with Crippen LogP contribution in [0.5, 0.6) is 0 Å². The molecule has 2 aromatic heterocycles. The van der Waals surface area contributed by atoms with Gasteiger partial charge >= 0.3 is 0 Å². The Morgan fingerprint density at radius 3 is 2.78 bits per heavy atom. The van der Waals surface area contributed by atoms with Crippen LogP contribution >= 0.6 is 11.3 Å². The monoisotopic (exact) mass is 381 g/mol. The molecule has 0 spiro atoms. The fourth-order valence-electron chi connectivity index (χ4n) is 3.07. The highest BCUT2D eigenvalue weighted by Crippen LogP contribution is 2.32. The standard InChI is InChI=1S/C20H16FN3O2S/c1-11-18-17(15-8-3-4-9-16(15)27-18)20(26)24(23-11)12(2)19(25)22-14-7-5-6-13(21)10-14/h3-10,12H,1-2H3,(H,22,25). The van der Waals surface area contributed by atoms with Gasteiger partial charge in [-0.05, 0) is 38.1 Å². The van der Waals surface area contributed by atoms with Crippen molar-refractivity contribution in [1.82, 2.24) is 9.78 Å². The van der Waals surface area contributed by atoms with Crippen LogP contribution in [0.2, 0.25) is 0 Å². The van der Waals surface area contributed by atoms with E-state index in [1.165, 1.54) is 34.2 Å². The molecule has 4 rings (SSSR count). The molecule has 7 heteroatoms. The number of carbonyl (C=O) groups excluding carboxylic acids is 1. The van der Waals surface area contributed by atoms with Crippen molar-refractivity contribution in [2.45, 2.75) is 19.9 Å². The van der Waals surface area contributed by atoms with E-state index in [4.69, 9.17) is 0 Å². The summed E-state index contributed by atoms with van der Waals surface area (Å²) in [6.45, 7) is 3.42.